The van der Waals surface area contributed by atoms with Crippen LogP contribution in [0.3, 0.4) is 0 Å². The van der Waals surface area contributed by atoms with Crippen molar-refractivity contribution in [2.75, 3.05) is 51.2 Å². The number of fused-ring (bicyclic) bond motifs is 6. The zero-order valence-corrected chi connectivity index (χ0v) is 32.4. The molecule has 4 heterocycles. The highest BCUT2D eigenvalue weighted by molar-refractivity contribution is 6.14. The van der Waals surface area contributed by atoms with Crippen molar-refractivity contribution < 1.29 is 41.0 Å². The van der Waals surface area contributed by atoms with Gasteiger partial charge in [-0.2, -0.15) is 10.2 Å². The van der Waals surface area contributed by atoms with Gasteiger partial charge in [0.05, 0.1) is 63.2 Å². The number of nitrogens with one attached hydrogen (secondary N) is 5. The van der Waals surface area contributed by atoms with E-state index in [1.165, 1.54) is 60.7 Å². The number of nitrogens with zero attached hydrogens (tertiary/aromatic N) is 5. The van der Waals surface area contributed by atoms with Gasteiger partial charge in [0.25, 0.3) is 5.91 Å². The number of aliphatic imine (C=N–C) groups is 2. The fraction of sp³-hybridized carbons (Fsp3) is 0.150. The van der Waals surface area contributed by atoms with Crippen molar-refractivity contribution in [3.63, 3.8) is 0 Å². The van der Waals surface area contributed by atoms with Crippen molar-refractivity contribution in [3.8, 4) is 22.5 Å². The van der Waals surface area contributed by atoms with Crippen LogP contribution in [0.5, 0.6) is 0 Å². The van der Waals surface area contributed by atoms with Gasteiger partial charge in [0.15, 0.2) is 0 Å². The summed E-state index contributed by atoms with van der Waals surface area (Å²) < 4.78 is 80.4. The number of amidine groups is 2. The normalized spacial score (nSPS) is 11.9. The van der Waals surface area contributed by atoms with E-state index >= 15 is 0 Å². The van der Waals surface area contributed by atoms with E-state index in [0.29, 0.717) is 57.4 Å². The number of hydrogen-bond acceptors (Lipinski definition) is 9. The molecular formula is C40H35ClF6N10O3. The maximum Gasteiger partial charge on any atom is 0.335 e. The molecule has 0 saturated carbocycles. The summed E-state index contributed by atoms with van der Waals surface area (Å²) in [4.78, 5) is 33.7. The van der Waals surface area contributed by atoms with E-state index in [9.17, 15) is 41.0 Å². The Morgan fingerprint density at radius 3 is 1.55 bits per heavy atom. The second kappa shape index (κ2) is 19.6. The predicted molar refractivity (Wildman–Crippen MR) is 217 cm³/mol. The van der Waals surface area contributed by atoms with E-state index in [0.717, 1.165) is 24.3 Å². The van der Waals surface area contributed by atoms with Crippen LogP contribution >= 0.6 is 12.4 Å². The summed E-state index contributed by atoms with van der Waals surface area (Å²) in [5, 5.41) is 31.1. The number of carboxylic acids is 1. The number of rotatable bonds is 8. The standard InChI is InChI=1S/C20H16F3N5O.C17H10F2N4O2.C3H8FN.ClH/c1-28(8-7-21)20(29)11-5-6-15-12(9-11)18-16(10-24-27-18)26-19(25-15)17-13(22)3-2-4-14(17)23;18-10-2-1-3-11(19)14(10)16-21-12-5-4-8(17(24)25)6-9(12)15-13(22-16)7-20-23-15;1-5-3-2-4;/h2-6,9-10H,7-8H2,1H3,(H,24,27)(H,25,26);1-7H,(H,20,23)(H,21,22)(H,24,25);5H,2-3H2,1H3;1H. The molecule has 0 aliphatic carbocycles. The summed E-state index contributed by atoms with van der Waals surface area (Å²) in [6.45, 7) is -0.470. The third-order valence-corrected chi connectivity index (χ3v) is 8.79. The molecule has 13 nitrogen and oxygen atoms in total. The average molecular weight is 853 g/mol. The smallest absolute Gasteiger partial charge is 0.335 e. The van der Waals surface area contributed by atoms with Gasteiger partial charge in [-0.1, -0.05) is 12.1 Å². The Balaban J connectivity index is 0.000000203. The van der Waals surface area contributed by atoms with Gasteiger partial charge in [-0.05, 0) is 67.7 Å². The molecule has 2 aromatic heterocycles. The zero-order valence-electron chi connectivity index (χ0n) is 31.6. The predicted octanol–water partition coefficient (Wildman–Crippen LogP) is 8.05. The van der Waals surface area contributed by atoms with E-state index in [-0.39, 0.29) is 59.9 Å². The summed E-state index contributed by atoms with van der Waals surface area (Å²) in [7, 11) is 3.23. The summed E-state index contributed by atoms with van der Waals surface area (Å²) in [6, 6.07) is 16.1. The van der Waals surface area contributed by atoms with Crippen molar-refractivity contribution in [1.29, 1.82) is 0 Å². The van der Waals surface area contributed by atoms with Gasteiger partial charge in [0.2, 0.25) is 0 Å². The number of amides is 1. The molecule has 312 valence electrons. The largest absolute Gasteiger partial charge is 0.478 e. The van der Waals surface area contributed by atoms with Crippen molar-refractivity contribution in [2.24, 2.45) is 9.98 Å². The van der Waals surface area contributed by atoms with Crippen LogP contribution in [0.2, 0.25) is 0 Å². The second-order valence-electron chi connectivity index (χ2n) is 12.7. The minimum atomic E-state index is -1.09. The molecule has 0 fully saturated rings. The molecule has 0 bridgehead atoms. The van der Waals surface area contributed by atoms with Gasteiger partial charge in [-0.3, -0.25) is 15.0 Å². The van der Waals surface area contributed by atoms with Crippen LogP contribution < -0.4 is 16.0 Å². The highest BCUT2D eigenvalue weighted by Gasteiger charge is 2.26. The van der Waals surface area contributed by atoms with Crippen molar-refractivity contribution in [3.05, 3.63) is 131 Å². The van der Waals surface area contributed by atoms with E-state index in [2.05, 4.69) is 46.3 Å². The fourth-order valence-electron chi connectivity index (χ4n) is 5.89. The number of halogens is 7. The Labute approximate surface area is 344 Å². The number of carbonyl (C=O) groups is 2. The first-order valence-corrected chi connectivity index (χ1v) is 17.7. The number of aromatic carboxylic acids is 1. The van der Waals surface area contributed by atoms with Crippen molar-refractivity contribution in [2.45, 2.75) is 0 Å². The number of anilines is 2. The van der Waals surface area contributed by atoms with E-state index in [4.69, 9.17) is 0 Å². The first-order valence-electron chi connectivity index (χ1n) is 17.7. The van der Waals surface area contributed by atoms with Gasteiger partial charge in [0, 0.05) is 36.8 Å². The van der Waals surface area contributed by atoms with E-state index < -0.39 is 35.9 Å². The molecule has 2 aliphatic heterocycles. The SMILES string of the molecule is CN(CCF)C(=O)c1ccc2c(c1)-c1[nH]ncc1NC(c1c(F)cccc1F)=N2.CNCCF.Cl.O=C(O)c1ccc2c(c1)-c1[nH]ncc1NC(c1c(F)cccc1F)=N2. The van der Waals surface area contributed by atoms with Gasteiger partial charge in [-0.25, -0.2) is 41.1 Å². The molecule has 20 heteroatoms. The first-order chi connectivity index (χ1) is 28.4. The van der Waals surface area contributed by atoms with Crippen LogP contribution in [0, 0.1) is 23.3 Å². The average Bonchev–Trinajstić information content (AvgIpc) is 3.81. The van der Waals surface area contributed by atoms with Crippen LogP contribution in [-0.4, -0.2) is 94.5 Å². The molecule has 60 heavy (non-hydrogen) atoms. The molecule has 0 spiro atoms. The zero-order chi connectivity index (χ0) is 42.2. The summed E-state index contributed by atoms with van der Waals surface area (Å²) in [5.74, 6) is -4.54. The molecule has 0 radical (unpaired) electrons. The minimum Gasteiger partial charge on any atom is -0.478 e. The Morgan fingerprint density at radius 2 is 1.15 bits per heavy atom. The van der Waals surface area contributed by atoms with Crippen molar-refractivity contribution >= 4 is 58.7 Å². The number of carboxylic acid groups (broad SMARTS) is 1. The van der Waals surface area contributed by atoms with Crippen LogP contribution in [0.4, 0.5) is 49.1 Å². The summed E-state index contributed by atoms with van der Waals surface area (Å²) >= 11 is 0. The number of alkyl halides is 2. The van der Waals surface area contributed by atoms with Crippen LogP contribution in [-0.2, 0) is 0 Å². The quantitative estimate of drug-likeness (QED) is 0.0834. The molecule has 8 rings (SSSR count). The Bertz CT molecular complexity index is 2540. The lowest BCUT2D eigenvalue weighted by molar-refractivity contribution is 0.0696. The van der Waals surface area contributed by atoms with Gasteiger partial charge >= 0.3 is 5.97 Å². The van der Waals surface area contributed by atoms with Crippen LogP contribution in [0.15, 0.2) is 95.2 Å². The lowest BCUT2D eigenvalue weighted by atomic mass is 10.0. The maximum atomic E-state index is 14.3. The highest BCUT2D eigenvalue weighted by Crippen LogP contribution is 2.39. The van der Waals surface area contributed by atoms with Crippen molar-refractivity contribution in [1.82, 2.24) is 30.6 Å². The Hall–Kier alpha value is -6.99. The summed E-state index contributed by atoms with van der Waals surface area (Å²) in [6.07, 6.45) is 2.90. The van der Waals surface area contributed by atoms with Gasteiger partial charge in [-0.15, -0.1) is 12.4 Å². The monoisotopic (exact) mass is 852 g/mol. The van der Waals surface area contributed by atoms with E-state index in [1.54, 1.807) is 19.2 Å². The topological polar surface area (TPSA) is 176 Å². The molecular weight excluding hydrogens is 818 g/mol. The molecule has 1 amide bonds. The third kappa shape index (κ3) is 9.48. The Kier molecular flexibility index (Phi) is 14.4. The molecule has 6 aromatic rings. The lowest BCUT2D eigenvalue weighted by Gasteiger charge is -2.16. The number of aromatic amines is 2. The van der Waals surface area contributed by atoms with Crippen LogP contribution in [0.25, 0.3) is 22.5 Å². The van der Waals surface area contributed by atoms with Crippen LogP contribution in [0.1, 0.15) is 31.8 Å². The molecule has 2 aliphatic rings. The molecule has 0 unspecified atom stereocenters. The van der Waals surface area contributed by atoms with Gasteiger partial charge in [0.1, 0.15) is 48.3 Å². The highest BCUT2D eigenvalue weighted by atomic mass is 35.5. The second-order valence-corrected chi connectivity index (χ2v) is 12.7. The van der Waals surface area contributed by atoms with Gasteiger partial charge < -0.3 is 26.0 Å². The lowest BCUT2D eigenvalue weighted by Crippen LogP contribution is -2.28. The molecule has 0 atom stereocenters. The third-order valence-electron chi connectivity index (χ3n) is 8.79. The fourth-order valence-corrected chi connectivity index (χ4v) is 5.89. The molecule has 0 saturated heterocycles. The molecule has 4 aromatic carbocycles. The molecule has 6 N–H and O–H groups in total. The number of benzene rings is 4. The number of carbonyl (C=O) groups excluding carboxylic acids is 1. The number of H-pyrrole nitrogens is 2. The minimum absolute atomic E-state index is 0. The maximum absolute atomic E-state index is 14.3. The first kappa shape index (κ1) is 44.1. The Morgan fingerprint density at radius 1 is 0.700 bits per heavy atom. The number of hydrogen-bond donors (Lipinski definition) is 6. The number of aromatic nitrogens is 4. The summed E-state index contributed by atoms with van der Waals surface area (Å²) in [5.41, 5.74) is 3.41. The van der Waals surface area contributed by atoms with E-state index in [1.807, 2.05) is 0 Å².